The third kappa shape index (κ3) is 16.3. The van der Waals surface area contributed by atoms with E-state index in [-0.39, 0.29) is 106 Å². The van der Waals surface area contributed by atoms with E-state index in [9.17, 15) is 46.0 Å². The molecule has 0 bridgehead atoms. The Bertz CT molecular complexity index is 2670. The van der Waals surface area contributed by atoms with Crippen LogP contribution in [0.15, 0.2) is 115 Å². The number of carbonyl (C=O) groups is 3. The molecule has 0 saturated heterocycles. The van der Waals surface area contributed by atoms with E-state index in [0.29, 0.717) is 6.42 Å². The van der Waals surface area contributed by atoms with Gasteiger partial charge in [-0.25, -0.2) is 21.6 Å². The number of aromatic carboxylic acids is 1. The number of carboxylic acid groups (broad SMARTS) is 1. The van der Waals surface area contributed by atoms with Crippen molar-refractivity contribution in [1.29, 1.82) is 0 Å². The Morgan fingerprint density at radius 1 is 0.768 bits per heavy atom. The SMILES string of the molecule is CCCCCCCCCCCCCCCCCC1=NN(c2ccc(OCC)c(S(=O)(=O)[O-])c2)C(=O)C1(C)N=Nc1ccc(NC(=O)c2ccccc2)cc1S(=O)(=O)c1ccc([O-])c(C(=O)O)c1.[Na+].[Na+]. The molecule has 1 heterocycles. The molecule has 20 heteroatoms. The first-order valence-corrected chi connectivity index (χ1v) is 25.8. The first kappa shape index (κ1) is 59.3. The summed E-state index contributed by atoms with van der Waals surface area (Å²) >= 11 is 0. The molecule has 0 radical (unpaired) electrons. The standard InChI is InChI=1S/C49H61N5O11S2.2Na/c1-4-6-7-8-9-10-11-12-13-14-15-16-17-18-22-25-45-49(3,48(59)54(52-45)37-27-31-42(65-5-2)44(33-37)67(62,63)64)53-51-40-29-26-36(50-46(56)35-23-20-19-21-24-35)32-43(40)66(60,61)38-28-30-41(55)39(34-38)47(57)58;;/h19-21,23-24,26-34,55H,4-18,22,25H2,1-3H3,(H,50,56)(H,57,58)(H,62,63,64);;/q;2*+1/p-2. The summed E-state index contributed by atoms with van der Waals surface area (Å²) in [4.78, 5) is 37.7. The van der Waals surface area contributed by atoms with Gasteiger partial charge >= 0.3 is 65.1 Å². The normalized spacial score (nSPS) is 14.8. The monoisotopic (exact) mass is 1000 g/mol. The summed E-state index contributed by atoms with van der Waals surface area (Å²) in [5.41, 5.74) is -2.48. The van der Waals surface area contributed by atoms with Gasteiger partial charge in [-0.05, 0) is 87.4 Å². The number of ether oxygens (including phenoxy) is 1. The second-order valence-electron chi connectivity index (χ2n) is 16.6. The van der Waals surface area contributed by atoms with Gasteiger partial charge in [0.1, 0.15) is 26.5 Å². The van der Waals surface area contributed by atoms with Crippen molar-refractivity contribution in [2.45, 2.75) is 144 Å². The number of amides is 2. The molecule has 1 aliphatic heterocycles. The van der Waals surface area contributed by atoms with Gasteiger partial charge in [0.15, 0.2) is 5.54 Å². The van der Waals surface area contributed by atoms with Crippen molar-refractivity contribution in [2.24, 2.45) is 15.3 Å². The smallest absolute Gasteiger partial charge is 0.872 e. The largest absolute Gasteiger partial charge is 1.00 e. The van der Waals surface area contributed by atoms with Crippen LogP contribution in [0.2, 0.25) is 0 Å². The molecule has 69 heavy (non-hydrogen) atoms. The molecule has 16 nitrogen and oxygen atoms in total. The molecule has 4 aromatic rings. The number of nitrogens with one attached hydrogen (secondary N) is 1. The molecule has 1 atom stereocenters. The van der Waals surface area contributed by atoms with Crippen LogP contribution in [0.25, 0.3) is 0 Å². The molecule has 5 rings (SSSR count). The topological polar surface area (TPSA) is 247 Å². The maximum Gasteiger partial charge on any atom is 1.00 e. The summed E-state index contributed by atoms with van der Waals surface area (Å²) in [7, 11) is -9.77. The van der Waals surface area contributed by atoms with E-state index in [1.54, 1.807) is 37.3 Å². The number of benzene rings is 4. The number of sulfone groups is 1. The van der Waals surface area contributed by atoms with E-state index in [4.69, 9.17) is 4.74 Å². The number of unbranched alkanes of at least 4 members (excludes halogenated alkanes) is 14. The van der Waals surface area contributed by atoms with Gasteiger partial charge in [-0.15, -0.1) is 0 Å². The molecule has 0 saturated carbocycles. The molecular formula is C49H59N5Na2O11S2. The minimum Gasteiger partial charge on any atom is -0.872 e. The number of anilines is 2. The van der Waals surface area contributed by atoms with Gasteiger partial charge in [-0.2, -0.15) is 20.3 Å². The average Bonchev–Trinajstić information content (AvgIpc) is 3.55. The Labute approximate surface area is 450 Å². The molecule has 360 valence electrons. The number of azo groups is 1. The Kier molecular flexibility index (Phi) is 24.2. The number of carbonyl (C=O) groups excluding carboxylic acids is 2. The van der Waals surface area contributed by atoms with E-state index in [1.165, 1.54) is 89.0 Å². The first-order valence-electron chi connectivity index (χ1n) is 22.9. The van der Waals surface area contributed by atoms with Gasteiger partial charge in [-0.3, -0.25) is 9.59 Å². The number of rotatable bonds is 27. The maximum absolute atomic E-state index is 14.5. The van der Waals surface area contributed by atoms with Crippen LogP contribution in [0.3, 0.4) is 0 Å². The first-order chi connectivity index (χ1) is 32.0. The van der Waals surface area contributed by atoms with Crippen molar-refractivity contribution in [3.8, 4) is 11.5 Å². The molecule has 1 unspecified atom stereocenters. The number of hydrogen-bond donors (Lipinski definition) is 2. The van der Waals surface area contributed by atoms with Gasteiger partial charge < -0.3 is 24.8 Å². The van der Waals surface area contributed by atoms with Gasteiger partial charge in [0.2, 0.25) is 9.84 Å². The number of nitrogens with zero attached hydrogens (tertiary/aromatic N) is 4. The summed E-state index contributed by atoms with van der Waals surface area (Å²) in [5.74, 6) is -4.10. The van der Waals surface area contributed by atoms with Crippen molar-refractivity contribution < 1.29 is 110 Å². The third-order valence-corrected chi connectivity index (χ3v) is 14.2. The fourth-order valence-electron chi connectivity index (χ4n) is 7.73. The molecular weight excluding hydrogens is 945 g/mol. The minimum atomic E-state index is -5.07. The summed E-state index contributed by atoms with van der Waals surface area (Å²) in [6, 6.07) is 18.0. The van der Waals surface area contributed by atoms with Gasteiger partial charge in [0, 0.05) is 11.3 Å². The van der Waals surface area contributed by atoms with Gasteiger partial charge in [0.25, 0.3) is 11.8 Å². The Morgan fingerprint density at radius 3 is 1.93 bits per heavy atom. The Morgan fingerprint density at radius 2 is 1.36 bits per heavy atom. The van der Waals surface area contributed by atoms with E-state index < -0.39 is 69.3 Å². The predicted octanol–water partition coefficient (Wildman–Crippen LogP) is 4.36. The summed E-state index contributed by atoms with van der Waals surface area (Å²) in [6.45, 7) is 5.34. The van der Waals surface area contributed by atoms with Crippen molar-refractivity contribution in [3.63, 3.8) is 0 Å². The number of carboxylic acids is 1. The van der Waals surface area contributed by atoms with Crippen LogP contribution in [-0.4, -0.2) is 62.1 Å². The molecule has 0 aromatic heterocycles. The fourth-order valence-corrected chi connectivity index (χ4v) is 9.81. The predicted molar refractivity (Wildman–Crippen MR) is 252 cm³/mol. The fraction of sp³-hybridized carbons (Fsp3) is 0.429. The van der Waals surface area contributed by atoms with Crippen molar-refractivity contribution in [1.82, 2.24) is 0 Å². The van der Waals surface area contributed by atoms with Crippen LogP contribution in [0.1, 0.15) is 144 Å². The molecule has 0 fully saturated rings. The zero-order chi connectivity index (χ0) is 48.6. The van der Waals surface area contributed by atoms with E-state index in [0.717, 1.165) is 67.4 Å². The van der Waals surface area contributed by atoms with E-state index in [1.807, 2.05) is 0 Å². The van der Waals surface area contributed by atoms with Crippen LogP contribution in [0.4, 0.5) is 17.1 Å². The van der Waals surface area contributed by atoms with Crippen molar-refractivity contribution in [3.05, 3.63) is 96.1 Å². The maximum atomic E-state index is 14.5. The third-order valence-electron chi connectivity index (χ3n) is 11.5. The van der Waals surface area contributed by atoms with E-state index in [2.05, 4.69) is 27.6 Å². The van der Waals surface area contributed by atoms with E-state index >= 15 is 0 Å². The zero-order valence-electron chi connectivity index (χ0n) is 40.2. The molecule has 2 amide bonds. The molecule has 2 N–H and O–H groups in total. The van der Waals surface area contributed by atoms with Crippen LogP contribution in [0, 0.1) is 0 Å². The molecule has 4 aromatic carbocycles. The van der Waals surface area contributed by atoms with Gasteiger partial charge in [0.05, 0.1) is 33.4 Å². The number of hydrogen-bond acceptors (Lipinski definition) is 13. The minimum absolute atomic E-state index is 0. The van der Waals surface area contributed by atoms with Crippen LogP contribution in [-0.2, 0) is 24.7 Å². The average molecular weight is 1000 g/mol. The molecule has 1 aliphatic rings. The van der Waals surface area contributed by atoms with Crippen LogP contribution < -0.4 is 79.3 Å². The molecule has 0 aliphatic carbocycles. The second-order valence-corrected chi connectivity index (χ2v) is 19.9. The Hall–Kier alpha value is -3.98. The van der Waals surface area contributed by atoms with Crippen LogP contribution >= 0.6 is 0 Å². The number of hydrazone groups is 1. The van der Waals surface area contributed by atoms with Gasteiger partial charge in [-0.1, -0.05) is 127 Å². The summed E-state index contributed by atoms with van der Waals surface area (Å²) < 4.78 is 71.0. The quantitative estimate of drug-likeness (QED) is 0.0368. The summed E-state index contributed by atoms with van der Waals surface area (Å²) in [5, 5.41) is 38.9. The Balaban J connectivity index is 0.00000630. The van der Waals surface area contributed by atoms with Crippen LogP contribution in [0.5, 0.6) is 11.5 Å². The zero-order valence-corrected chi connectivity index (χ0v) is 45.9. The van der Waals surface area contributed by atoms with Crippen molar-refractivity contribution in [2.75, 3.05) is 16.9 Å². The molecule has 0 spiro atoms. The van der Waals surface area contributed by atoms with Crippen molar-refractivity contribution >= 4 is 60.5 Å². The summed E-state index contributed by atoms with van der Waals surface area (Å²) in [6.07, 6.45) is 17.4. The second kappa shape index (κ2) is 28.2.